The number of quaternary nitrogens is 2. The van der Waals surface area contributed by atoms with Gasteiger partial charge in [0.15, 0.2) is 5.78 Å². The Hall–Kier alpha value is -1.46. The number of allylic oxidation sites excluding steroid dienone is 1. The molecule has 5 nitrogen and oxygen atoms in total. The third kappa shape index (κ3) is 19.2. The summed E-state index contributed by atoms with van der Waals surface area (Å²) in [6.45, 7) is 12.4. The molecule has 0 fully saturated rings. The first-order chi connectivity index (χ1) is 15.1. The van der Waals surface area contributed by atoms with Gasteiger partial charge in [-0.3, -0.25) is 9.59 Å². The number of amides is 1. The van der Waals surface area contributed by atoms with Gasteiger partial charge >= 0.3 is 0 Å². The van der Waals surface area contributed by atoms with Gasteiger partial charge in [-0.15, -0.1) is 0 Å². The van der Waals surface area contributed by atoms with Gasteiger partial charge in [-0.25, -0.2) is 0 Å². The van der Waals surface area contributed by atoms with Crippen LogP contribution in [0.3, 0.4) is 0 Å². The lowest BCUT2D eigenvalue weighted by Gasteiger charge is -2.30. The number of nitrogens with zero attached hydrogens (tertiary/aromatic N) is 2. The van der Waals surface area contributed by atoms with Crippen LogP contribution in [-0.2, 0) is 9.59 Å². The molecule has 0 aromatic carbocycles. The molecule has 0 atom stereocenters. The Kier molecular flexibility index (Phi) is 17.2. The molecule has 0 aliphatic carbocycles. The molecule has 32 heavy (non-hydrogen) atoms. The van der Waals surface area contributed by atoms with Crippen molar-refractivity contribution >= 4 is 11.7 Å². The number of carbonyl (C=O) groups excluding carboxylic acids is 2. The van der Waals surface area contributed by atoms with E-state index in [1.165, 1.54) is 76.6 Å². The minimum absolute atomic E-state index is 0.0771. The fraction of sp³-hybridized carbons (Fsp3) is 0.778. The zero-order valence-electron chi connectivity index (χ0n) is 21.8. The zero-order chi connectivity index (χ0) is 24.3. The van der Waals surface area contributed by atoms with Crippen LogP contribution in [0.25, 0.3) is 0 Å². The first-order valence-corrected chi connectivity index (χ1v) is 12.8. The highest BCUT2D eigenvalue weighted by molar-refractivity contribution is 5.88. The lowest BCUT2D eigenvalue weighted by atomic mass is 10.1. The minimum atomic E-state index is -0.0771. The van der Waals surface area contributed by atoms with Crippen LogP contribution in [0.1, 0.15) is 77.0 Å². The van der Waals surface area contributed by atoms with E-state index in [9.17, 15) is 9.59 Å². The summed E-state index contributed by atoms with van der Waals surface area (Å²) in [5.74, 6) is 0.0935. The third-order valence-electron chi connectivity index (χ3n) is 6.37. The van der Waals surface area contributed by atoms with E-state index in [-0.39, 0.29) is 11.7 Å². The number of hydrogen-bond donors (Lipinski definition) is 1. The van der Waals surface area contributed by atoms with Crippen LogP contribution in [0, 0.1) is 0 Å². The van der Waals surface area contributed by atoms with Crippen molar-refractivity contribution in [1.82, 2.24) is 5.32 Å². The fourth-order valence-electron chi connectivity index (χ4n) is 4.10. The molecule has 0 saturated heterocycles. The Morgan fingerprint density at radius 1 is 0.625 bits per heavy atom. The van der Waals surface area contributed by atoms with Gasteiger partial charge < -0.3 is 14.3 Å². The van der Waals surface area contributed by atoms with E-state index in [4.69, 9.17) is 0 Å². The molecule has 5 heteroatoms. The summed E-state index contributed by atoms with van der Waals surface area (Å²) in [6, 6.07) is 0. The quantitative estimate of drug-likeness (QED) is 0.145. The van der Waals surface area contributed by atoms with Gasteiger partial charge in [0.1, 0.15) is 0 Å². The van der Waals surface area contributed by atoms with Crippen LogP contribution in [0.2, 0.25) is 0 Å². The first-order valence-electron chi connectivity index (χ1n) is 12.8. The van der Waals surface area contributed by atoms with Crippen molar-refractivity contribution in [2.24, 2.45) is 0 Å². The second kappa shape index (κ2) is 18.0. The molecule has 0 aromatic heterocycles. The number of unbranched alkanes of at least 4 members (excludes halogenated alkanes) is 8. The molecule has 0 aliphatic heterocycles. The number of hydrogen-bond acceptors (Lipinski definition) is 2. The van der Waals surface area contributed by atoms with E-state index in [0.29, 0.717) is 6.42 Å². The minimum Gasteiger partial charge on any atom is -0.352 e. The van der Waals surface area contributed by atoms with Crippen LogP contribution in [0.5, 0.6) is 0 Å². The molecule has 0 aliphatic rings. The van der Waals surface area contributed by atoms with E-state index in [0.717, 1.165) is 47.9 Å². The number of ketones is 1. The molecule has 1 N–H and O–H groups in total. The van der Waals surface area contributed by atoms with Crippen molar-refractivity contribution in [3.05, 3.63) is 25.3 Å². The highest BCUT2D eigenvalue weighted by Crippen LogP contribution is 2.12. The summed E-state index contributed by atoms with van der Waals surface area (Å²) >= 11 is 0. The lowest BCUT2D eigenvalue weighted by molar-refractivity contribution is -0.890. The maximum Gasteiger partial charge on any atom is 0.243 e. The van der Waals surface area contributed by atoms with Gasteiger partial charge in [-0.2, -0.15) is 0 Å². The Morgan fingerprint density at radius 3 is 1.47 bits per heavy atom. The molecule has 0 radical (unpaired) electrons. The van der Waals surface area contributed by atoms with E-state index in [2.05, 4.69) is 46.7 Å². The molecule has 0 bridgehead atoms. The SMILES string of the molecule is C=CC(=O)CCCC[N+](C)(C)CCCCCCCCCC[N+](C)(C)CCCNC(=O)C=C. The van der Waals surface area contributed by atoms with E-state index < -0.39 is 0 Å². The Labute approximate surface area is 199 Å². The molecule has 0 unspecified atom stereocenters. The van der Waals surface area contributed by atoms with Crippen molar-refractivity contribution in [3.63, 3.8) is 0 Å². The Balaban J connectivity index is 3.57. The molecule has 0 spiro atoms. The largest absolute Gasteiger partial charge is 0.352 e. The van der Waals surface area contributed by atoms with Crippen LogP contribution < -0.4 is 5.32 Å². The van der Waals surface area contributed by atoms with E-state index >= 15 is 0 Å². The number of rotatable bonds is 22. The normalized spacial score (nSPS) is 11.9. The molecule has 0 rings (SSSR count). The molecular weight excluding hydrogens is 398 g/mol. The summed E-state index contributed by atoms with van der Waals surface area (Å²) in [6.07, 6.45) is 17.2. The molecule has 0 heterocycles. The van der Waals surface area contributed by atoms with Gasteiger partial charge in [-0.05, 0) is 50.7 Å². The second-order valence-corrected chi connectivity index (χ2v) is 10.6. The van der Waals surface area contributed by atoms with Gasteiger partial charge in [0.05, 0.1) is 54.4 Å². The van der Waals surface area contributed by atoms with Crippen molar-refractivity contribution in [2.45, 2.75) is 77.0 Å². The topological polar surface area (TPSA) is 46.2 Å². The summed E-state index contributed by atoms with van der Waals surface area (Å²) in [7, 11) is 9.20. The van der Waals surface area contributed by atoms with Crippen LogP contribution in [0.4, 0.5) is 0 Å². The van der Waals surface area contributed by atoms with Gasteiger partial charge in [0, 0.05) is 19.4 Å². The highest BCUT2D eigenvalue weighted by atomic mass is 16.1. The summed E-state index contributed by atoms with van der Waals surface area (Å²) in [4.78, 5) is 22.4. The van der Waals surface area contributed by atoms with Gasteiger partial charge in [0.2, 0.25) is 5.91 Å². The maximum absolute atomic E-state index is 11.3. The summed E-state index contributed by atoms with van der Waals surface area (Å²) in [5, 5.41) is 2.85. The summed E-state index contributed by atoms with van der Waals surface area (Å²) < 4.78 is 2.10. The predicted molar refractivity (Wildman–Crippen MR) is 137 cm³/mol. The van der Waals surface area contributed by atoms with Crippen LogP contribution in [0.15, 0.2) is 25.3 Å². The Bertz CT molecular complexity index is 493. The van der Waals surface area contributed by atoms with Crippen LogP contribution >= 0.6 is 0 Å². The number of carbonyl (C=O) groups is 2. The smallest absolute Gasteiger partial charge is 0.243 e. The van der Waals surface area contributed by atoms with Crippen LogP contribution in [-0.4, -0.2) is 81.6 Å². The Morgan fingerprint density at radius 2 is 1.03 bits per heavy atom. The molecule has 0 saturated carbocycles. The standard InChI is InChI=1S/C27H52N3O2/c1-7-26(31)20-15-18-24-29(3,4)22-16-13-11-9-10-12-14-17-23-30(5,6)25-19-21-28-27(32)8-2/h7-8H,1-2,9-25H2,3-6H3/q+1/p+1. The van der Waals surface area contributed by atoms with Crippen molar-refractivity contribution in [2.75, 3.05) is 60.9 Å². The number of nitrogens with one attached hydrogen (secondary N) is 1. The van der Waals surface area contributed by atoms with Gasteiger partial charge in [0.25, 0.3) is 0 Å². The lowest BCUT2D eigenvalue weighted by Crippen LogP contribution is -2.42. The highest BCUT2D eigenvalue weighted by Gasteiger charge is 2.15. The molecule has 1 amide bonds. The van der Waals surface area contributed by atoms with E-state index in [1.807, 2.05) is 0 Å². The third-order valence-corrected chi connectivity index (χ3v) is 6.37. The molecule has 0 aromatic rings. The van der Waals surface area contributed by atoms with Crippen molar-refractivity contribution < 1.29 is 18.6 Å². The summed E-state index contributed by atoms with van der Waals surface area (Å²) in [5.41, 5.74) is 0. The average molecular weight is 452 g/mol. The molecular formula is C27H53N3O2+2. The average Bonchev–Trinajstić information content (AvgIpc) is 2.75. The monoisotopic (exact) mass is 451 g/mol. The predicted octanol–water partition coefficient (Wildman–Crippen LogP) is 4.88. The van der Waals surface area contributed by atoms with Crippen molar-refractivity contribution in [3.8, 4) is 0 Å². The zero-order valence-corrected chi connectivity index (χ0v) is 21.8. The van der Waals surface area contributed by atoms with Gasteiger partial charge in [-0.1, -0.05) is 38.8 Å². The maximum atomic E-state index is 11.3. The van der Waals surface area contributed by atoms with Crippen molar-refractivity contribution in [1.29, 1.82) is 0 Å². The van der Waals surface area contributed by atoms with E-state index in [1.54, 1.807) is 0 Å². The fourth-order valence-corrected chi connectivity index (χ4v) is 4.10. The molecule has 186 valence electrons. The first kappa shape index (κ1) is 30.5. The second-order valence-electron chi connectivity index (χ2n) is 10.6.